The Hall–Kier alpha value is -2.43. The molecule has 2 aromatic rings. The SMILES string of the molecule is N#Cc1ccc(C(=O)NCCCNc2nc(Cl)ncc2Cl)cn1. The number of nitriles is 1. The molecule has 2 rings (SSSR count). The Balaban J connectivity index is 1.73. The molecule has 0 fully saturated rings. The van der Waals surface area contributed by atoms with E-state index in [0.29, 0.717) is 35.9 Å². The molecule has 1 amide bonds. The Bertz CT molecular complexity index is 729. The van der Waals surface area contributed by atoms with E-state index in [0.717, 1.165) is 0 Å². The van der Waals surface area contributed by atoms with Gasteiger partial charge in [0, 0.05) is 19.3 Å². The van der Waals surface area contributed by atoms with Crippen LogP contribution >= 0.6 is 23.2 Å². The van der Waals surface area contributed by atoms with Crippen LogP contribution in [0.1, 0.15) is 22.5 Å². The van der Waals surface area contributed by atoms with E-state index < -0.39 is 0 Å². The Labute approximate surface area is 142 Å². The van der Waals surface area contributed by atoms with Crippen LogP contribution in [0.25, 0.3) is 0 Å². The monoisotopic (exact) mass is 350 g/mol. The van der Waals surface area contributed by atoms with Crippen LogP contribution in [-0.2, 0) is 0 Å². The Morgan fingerprint density at radius 1 is 1.22 bits per heavy atom. The molecule has 0 saturated heterocycles. The van der Waals surface area contributed by atoms with E-state index >= 15 is 0 Å². The molecule has 0 unspecified atom stereocenters. The van der Waals surface area contributed by atoms with Crippen LogP contribution in [0.3, 0.4) is 0 Å². The molecule has 0 atom stereocenters. The van der Waals surface area contributed by atoms with E-state index in [9.17, 15) is 4.79 Å². The second-order valence-electron chi connectivity index (χ2n) is 4.42. The van der Waals surface area contributed by atoms with Gasteiger partial charge in [-0.2, -0.15) is 10.2 Å². The fourth-order valence-corrected chi connectivity index (χ4v) is 1.95. The molecule has 2 N–H and O–H groups in total. The van der Waals surface area contributed by atoms with Gasteiger partial charge >= 0.3 is 0 Å². The lowest BCUT2D eigenvalue weighted by Gasteiger charge is -2.08. The van der Waals surface area contributed by atoms with Crippen molar-refractivity contribution in [2.45, 2.75) is 6.42 Å². The molecule has 0 radical (unpaired) electrons. The molecule has 9 heteroatoms. The highest BCUT2D eigenvalue weighted by molar-refractivity contribution is 6.33. The molecular formula is C14H12Cl2N6O. The topological polar surface area (TPSA) is 104 Å². The Morgan fingerprint density at radius 2 is 2.04 bits per heavy atom. The van der Waals surface area contributed by atoms with Crippen molar-refractivity contribution >= 4 is 34.9 Å². The summed E-state index contributed by atoms with van der Waals surface area (Å²) in [7, 11) is 0. The third-order valence-corrected chi connectivity index (χ3v) is 3.25. The summed E-state index contributed by atoms with van der Waals surface area (Å²) in [5.41, 5.74) is 0.675. The van der Waals surface area contributed by atoms with Crippen LogP contribution in [0.15, 0.2) is 24.5 Å². The van der Waals surface area contributed by atoms with Crippen molar-refractivity contribution in [2.75, 3.05) is 18.4 Å². The van der Waals surface area contributed by atoms with Crippen molar-refractivity contribution in [3.63, 3.8) is 0 Å². The number of rotatable bonds is 6. The van der Waals surface area contributed by atoms with E-state index in [1.807, 2.05) is 6.07 Å². The lowest BCUT2D eigenvalue weighted by Crippen LogP contribution is -2.26. The quantitative estimate of drug-likeness (QED) is 0.611. The zero-order valence-electron chi connectivity index (χ0n) is 11.9. The second kappa shape index (κ2) is 8.27. The Morgan fingerprint density at radius 3 is 2.74 bits per heavy atom. The van der Waals surface area contributed by atoms with Crippen LogP contribution in [0.4, 0.5) is 5.82 Å². The molecule has 0 bridgehead atoms. The number of hydrogen-bond acceptors (Lipinski definition) is 6. The number of carbonyl (C=O) groups is 1. The molecule has 0 spiro atoms. The van der Waals surface area contributed by atoms with E-state index in [-0.39, 0.29) is 16.9 Å². The summed E-state index contributed by atoms with van der Waals surface area (Å²) in [5, 5.41) is 14.9. The Kier molecular flexibility index (Phi) is 6.09. The number of halogens is 2. The average Bonchev–Trinajstić information content (AvgIpc) is 2.57. The van der Waals surface area contributed by atoms with Crippen LogP contribution in [0.2, 0.25) is 10.3 Å². The van der Waals surface area contributed by atoms with Crippen LogP contribution < -0.4 is 10.6 Å². The van der Waals surface area contributed by atoms with E-state index in [1.54, 1.807) is 6.07 Å². The molecule has 0 aliphatic heterocycles. The van der Waals surface area contributed by atoms with Crippen molar-refractivity contribution in [2.24, 2.45) is 0 Å². The predicted molar refractivity (Wildman–Crippen MR) is 86.4 cm³/mol. The number of carbonyl (C=O) groups excluding carboxylic acids is 1. The molecule has 2 aromatic heterocycles. The first-order valence-corrected chi connectivity index (χ1v) is 7.42. The zero-order valence-corrected chi connectivity index (χ0v) is 13.4. The van der Waals surface area contributed by atoms with E-state index in [2.05, 4.69) is 25.6 Å². The summed E-state index contributed by atoms with van der Waals surface area (Å²) in [6.45, 7) is 1.02. The van der Waals surface area contributed by atoms with Gasteiger partial charge in [0.25, 0.3) is 5.91 Å². The molecule has 7 nitrogen and oxygen atoms in total. The lowest BCUT2D eigenvalue weighted by atomic mass is 10.2. The summed E-state index contributed by atoms with van der Waals surface area (Å²) in [5.74, 6) is 0.208. The normalized spacial score (nSPS) is 9.96. The predicted octanol–water partition coefficient (Wildman–Crippen LogP) is 2.28. The minimum absolute atomic E-state index is 0.110. The number of pyridine rings is 1. The number of nitrogens with one attached hydrogen (secondary N) is 2. The highest BCUT2D eigenvalue weighted by Gasteiger charge is 2.06. The van der Waals surface area contributed by atoms with Gasteiger partial charge < -0.3 is 10.6 Å². The molecular weight excluding hydrogens is 339 g/mol. The van der Waals surface area contributed by atoms with Crippen molar-refractivity contribution in [1.29, 1.82) is 5.26 Å². The fraction of sp³-hybridized carbons (Fsp3) is 0.214. The molecule has 118 valence electrons. The van der Waals surface area contributed by atoms with Gasteiger partial charge in [0.05, 0.1) is 11.8 Å². The zero-order chi connectivity index (χ0) is 16.7. The fourth-order valence-electron chi connectivity index (χ4n) is 1.66. The van der Waals surface area contributed by atoms with Gasteiger partial charge in [0.1, 0.15) is 22.6 Å². The summed E-state index contributed by atoms with van der Waals surface area (Å²) < 4.78 is 0. The molecule has 2 heterocycles. The highest BCUT2D eigenvalue weighted by atomic mass is 35.5. The van der Waals surface area contributed by atoms with Crippen LogP contribution in [0.5, 0.6) is 0 Å². The lowest BCUT2D eigenvalue weighted by molar-refractivity contribution is 0.0953. The van der Waals surface area contributed by atoms with Gasteiger partial charge in [-0.25, -0.2) is 9.97 Å². The minimum atomic E-state index is -0.245. The van der Waals surface area contributed by atoms with Crippen LogP contribution in [-0.4, -0.2) is 33.9 Å². The van der Waals surface area contributed by atoms with Gasteiger partial charge in [0.15, 0.2) is 0 Å². The number of hydrogen-bond donors (Lipinski definition) is 2. The first kappa shape index (κ1) is 16.9. The third kappa shape index (κ3) is 5.06. The van der Waals surface area contributed by atoms with Crippen molar-refractivity contribution in [3.8, 4) is 6.07 Å². The number of anilines is 1. The summed E-state index contributed by atoms with van der Waals surface area (Å²) in [4.78, 5) is 23.4. The standard InChI is InChI=1S/C14H12Cl2N6O/c15-11-8-21-14(16)22-12(11)18-4-1-5-19-13(23)9-2-3-10(6-17)20-7-9/h2-3,7-8H,1,4-5H2,(H,19,23)(H,18,21,22). The number of amides is 1. The number of aromatic nitrogens is 3. The molecule has 0 saturated carbocycles. The smallest absolute Gasteiger partial charge is 0.252 e. The highest BCUT2D eigenvalue weighted by Crippen LogP contribution is 2.18. The summed E-state index contributed by atoms with van der Waals surface area (Å²) in [6, 6.07) is 4.95. The van der Waals surface area contributed by atoms with Gasteiger partial charge in [-0.1, -0.05) is 11.6 Å². The average molecular weight is 351 g/mol. The van der Waals surface area contributed by atoms with Gasteiger partial charge in [-0.15, -0.1) is 0 Å². The summed E-state index contributed by atoms with van der Waals surface area (Å²) in [6.07, 6.45) is 3.45. The number of nitrogens with zero attached hydrogens (tertiary/aromatic N) is 4. The minimum Gasteiger partial charge on any atom is -0.369 e. The van der Waals surface area contributed by atoms with E-state index in [4.69, 9.17) is 28.5 Å². The third-order valence-electron chi connectivity index (χ3n) is 2.79. The second-order valence-corrected chi connectivity index (χ2v) is 5.16. The molecule has 23 heavy (non-hydrogen) atoms. The maximum absolute atomic E-state index is 11.9. The van der Waals surface area contributed by atoms with Crippen molar-refractivity contribution in [1.82, 2.24) is 20.3 Å². The largest absolute Gasteiger partial charge is 0.369 e. The van der Waals surface area contributed by atoms with Gasteiger partial charge in [0.2, 0.25) is 5.28 Å². The first-order valence-electron chi connectivity index (χ1n) is 6.66. The van der Waals surface area contributed by atoms with E-state index in [1.165, 1.54) is 18.5 Å². The van der Waals surface area contributed by atoms with Crippen molar-refractivity contribution < 1.29 is 4.79 Å². The molecule has 0 aliphatic rings. The maximum atomic E-state index is 11.9. The van der Waals surface area contributed by atoms with Crippen molar-refractivity contribution in [3.05, 3.63) is 46.1 Å². The summed E-state index contributed by atoms with van der Waals surface area (Å²) >= 11 is 11.6. The first-order chi connectivity index (χ1) is 11.1. The van der Waals surface area contributed by atoms with Gasteiger partial charge in [-0.3, -0.25) is 4.79 Å². The molecule has 0 aliphatic carbocycles. The van der Waals surface area contributed by atoms with Crippen LogP contribution in [0, 0.1) is 11.3 Å². The van der Waals surface area contributed by atoms with Gasteiger partial charge in [-0.05, 0) is 30.2 Å². The molecule has 0 aromatic carbocycles. The maximum Gasteiger partial charge on any atom is 0.252 e.